The predicted molar refractivity (Wildman–Crippen MR) is 74.0 cm³/mol. The Kier molecular flexibility index (Phi) is 4.68. The average molecular weight is 272 g/mol. The molecule has 5 heteroatoms. The summed E-state index contributed by atoms with van der Waals surface area (Å²) in [6, 6.07) is 12.3. The van der Waals surface area contributed by atoms with Crippen LogP contribution in [0.25, 0.3) is 0 Å². The molecule has 1 heterocycles. The van der Waals surface area contributed by atoms with Crippen LogP contribution in [-0.2, 0) is 11.3 Å². The molecule has 2 N–H and O–H groups in total. The van der Waals surface area contributed by atoms with Crippen molar-refractivity contribution in [3.05, 3.63) is 59.8 Å². The smallest absolute Gasteiger partial charge is 0.253 e. The highest BCUT2D eigenvalue weighted by atomic mass is 16.5. The second-order valence-electron chi connectivity index (χ2n) is 4.24. The molecule has 20 heavy (non-hydrogen) atoms. The number of carbonyl (C=O) groups excluding carboxylic acids is 1. The number of nitrogens with one attached hydrogen (secondary N) is 1. The van der Waals surface area contributed by atoms with Gasteiger partial charge in [-0.25, -0.2) is 4.98 Å². The molecule has 1 atom stereocenters. The number of pyridine rings is 1. The van der Waals surface area contributed by atoms with E-state index in [1.54, 1.807) is 42.6 Å². The Morgan fingerprint density at radius 3 is 2.80 bits per heavy atom. The van der Waals surface area contributed by atoms with Crippen molar-refractivity contribution in [1.29, 1.82) is 0 Å². The largest absolute Gasteiger partial charge is 0.481 e. The molecule has 1 amide bonds. The van der Waals surface area contributed by atoms with Crippen molar-refractivity contribution in [2.24, 2.45) is 0 Å². The van der Waals surface area contributed by atoms with Crippen molar-refractivity contribution in [1.82, 2.24) is 10.3 Å². The highest BCUT2D eigenvalue weighted by Gasteiger charge is 2.16. The van der Waals surface area contributed by atoms with Crippen LogP contribution < -0.4 is 10.1 Å². The first-order valence-corrected chi connectivity index (χ1v) is 6.20. The van der Waals surface area contributed by atoms with Gasteiger partial charge < -0.3 is 15.2 Å². The van der Waals surface area contributed by atoms with Gasteiger partial charge in [0.15, 0.2) is 6.10 Å². The van der Waals surface area contributed by atoms with E-state index in [9.17, 15) is 9.90 Å². The van der Waals surface area contributed by atoms with Crippen molar-refractivity contribution in [2.75, 3.05) is 7.11 Å². The minimum Gasteiger partial charge on any atom is -0.481 e. The molecule has 0 bridgehead atoms. The minimum atomic E-state index is -1.17. The molecule has 5 nitrogen and oxygen atoms in total. The first-order chi connectivity index (χ1) is 9.70. The molecule has 0 aliphatic carbocycles. The molecular formula is C15H16N2O3. The van der Waals surface area contributed by atoms with Crippen molar-refractivity contribution >= 4 is 5.91 Å². The number of ether oxygens (including phenoxy) is 1. The van der Waals surface area contributed by atoms with Crippen LogP contribution in [0.1, 0.15) is 17.2 Å². The molecule has 0 saturated carbocycles. The van der Waals surface area contributed by atoms with Crippen LogP contribution >= 0.6 is 0 Å². The van der Waals surface area contributed by atoms with Gasteiger partial charge in [-0.2, -0.15) is 0 Å². The number of amides is 1. The monoisotopic (exact) mass is 272 g/mol. The van der Waals surface area contributed by atoms with E-state index in [0.717, 1.165) is 5.56 Å². The number of hydrogen-bond donors (Lipinski definition) is 2. The number of hydrogen-bond acceptors (Lipinski definition) is 4. The third-order valence-electron chi connectivity index (χ3n) is 2.84. The molecule has 0 radical (unpaired) electrons. The second-order valence-corrected chi connectivity index (χ2v) is 4.24. The Balaban J connectivity index is 1.95. The van der Waals surface area contributed by atoms with E-state index in [0.29, 0.717) is 18.0 Å². The highest BCUT2D eigenvalue weighted by Crippen LogP contribution is 2.13. The topological polar surface area (TPSA) is 71.5 Å². The Morgan fingerprint density at radius 1 is 1.35 bits per heavy atom. The SMILES string of the molecule is COc1cc(CNC(=O)C(O)c2ccccc2)ccn1. The number of nitrogens with zero attached hydrogens (tertiary/aromatic N) is 1. The van der Waals surface area contributed by atoms with E-state index in [4.69, 9.17) is 4.74 Å². The molecule has 0 fully saturated rings. The first kappa shape index (κ1) is 14.0. The van der Waals surface area contributed by atoms with Gasteiger partial charge in [0.05, 0.1) is 7.11 Å². The van der Waals surface area contributed by atoms with Crippen LogP contribution in [0, 0.1) is 0 Å². The molecule has 1 unspecified atom stereocenters. The number of rotatable bonds is 5. The van der Waals surface area contributed by atoms with Crippen LogP contribution in [0.15, 0.2) is 48.7 Å². The van der Waals surface area contributed by atoms with Crippen molar-refractivity contribution in [3.8, 4) is 5.88 Å². The maximum atomic E-state index is 11.9. The molecule has 0 aliphatic heterocycles. The molecule has 104 valence electrons. The van der Waals surface area contributed by atoms with Gasteiger partial charge in [0.25, 0.3) is 5.91 Å². The minimum absolute atomic E-state index is 0.307. The summed E-state index contributed by atoms with van der Waals surface area (Å²) in [5.74, 6) is 0.0485. The summed E-state index contributed by atoms with van der Waals surface area (Å²) in [6.45, 7) is 0.307. The zero-order valence-electron chi connectivity index (χ0n) is 11.1. The summed E-state index contributed by atoms with van der Waals surface area (Å²) in [5.41, 5.74) is 1.42. The third kappa shape index (κ3) is 3.55. The number of benzene rings is 1. The standard InChI is InChI=1S/C15H16N2O3/c1-20-13-9-11(7-8-16-13)10-17-15(19)14(18)12-5-3-2-4-6-12/h2-9,14,18H,10H2,1H3,(H,17,19). The van der Waals surface area contributed by atoms with E-state index < -0.39 is 12.0 Å². The van der Waals surface area contributed by atoms with Crippen LogP contribution in [0.3, 0.4) is 0 Å². The predicted octanol–water partition coefficient (Wildman–Crippen LogP) is 1.44. The highest BCUT2D eigenvalue weighted by molar-refractivity contribution is 5.81. The summed E-state index contributed by atoms with van der Waals surface area (Å²) in [5, 5.41) is 12.6. The summed E-state index contributed by atoms with van der Waals surface area (Å²) < 4.78 is 5.01. The molecule has 1 aromatic heterocycles. The summed E-state index contributed by atoms with van der Waals surface area (Å²) >= 11 is 0. The van der Waals surface area contributed by atoms with Crippen molar-refractivity contribution in [3.63, 3.8) is 0 Å². The van der Waals surface area contributed by atoms with Gasteiger partial charge in [-0.05, 0) is 17.2 Å². The Bertz CT molecular complexity index is 572. The molecule has 0 spiro atoms. The van der Waals surface area contributed by atoms with Crippen LogP contribution in [0.2, 0.25) is 0 Å². The Labute approximate surface area is 117 Å². The van der Waals surface area contributed by atoms with Gasteiger partial charge in [-0.3, -0.25) is 4.79 Å². The van der Waals surface area contributed by atoms with Gasteiger partial charge in [0.1, 0.15) is 0 Å². The zero-order valence-corrected chi connectivity index (χ0v) is 11.1. The van der Waals surface area contributed by atoms with Gasteiger partial charge in [0, 0.05) is 18.8 Å². The second kappa shape index (κ2) is 6.68. The summed E-state index contributed by atoms with van der Waals surface area (Å²) in [7, 11) is 1.53. The molecule has 2 rings (SSSR count). The lowest BCUT2D eigenvalue weighted by molar-refractivity contribution is -0.129. The number of aliphatic hydroxyl groups excluding tert-OH is 1. The fourth-order valence-electron chi connectivity index (χ4n) is 1.74. The summed E-state index contributed by atoms with van der Waals surface area (Å²) in [6.07, 6.45) is 0.438. The lowest BCUT2D eigenvalue weighted by Crippen LogP contribution is -2.28. The average Bonchev–Trinajstić information content (AvgIpc) is 2.53. The number of aliphatic hydroxyl groups is 1. The molecule has 0 aliphatic rings. The van der Waals surface area contributed by atoms with E-state index in [1.165, 1.54) is 7.11 Å². The van der Waals surface area contributed by atoms with E-state index in [-0.39, 0.29) is 0 Å². The Hall–Kier alpha value is -2.40. The molecule has 0 saturated heterocycles. The van der Waals surface area contributed by atoms with Crippen LogP contribution in [0.4, 0.5) is 0 Å². The zero-order chi connectivity index (χ0) is 14.4. The van der Waals surface area contributed by atoms with Gasteiger partial charge >= 0.3 is 0 Å². The van der Waals surface area contributed by atoms with E-state index in [2.05, 4.69) is 10.3 Å². The number of methoxy groups -OCH3 is 1. The fraction of sp³-hybridized carbons (Fsp3) is 0.200. The first-order valence-electron chi connectivity index (χ1n) is 6.20. The lowest BCUT2D eigenvalue weighted by atomic mass is 10.1. The van der Waals surface area contributed by atoms with Gasteiger partial charge in [-0.15, -0.1) is 0 Å². The van der Waals surface area contributed by atoms with Crippen LogP contribution in [0.5, 0.6) is 5.88 Å². The number of carbonyl (C=O) groups is 1. The molecule has 2 aromatic rings. The van der Waals surface area contributed by atoms with Crippen molar-refractivity contribution < 1.29 is 14.6 Å². The van der Waals surface area contributed by atoms with Gasteiger partial charge in [0.2, 0.25) is 5.88 Å². The normalized spacial score (nSPS) is 11.7. The number of aromatic nitrogens is 1. The molecular weight excluding hydrogens is 256 g/mol. The quantitative estimate of drug-likeness (QED) is 0.864. The van der Waals surface area contributed by atoms with Gasteiger partial charge in [-0.1, -0.05) is 30.3 Å². The maximum absolute atomic E-state index is 11.9. The van der Waals surface area contributed by atoms with E-state index >= 15 is 0 Å². The Morgan fingerprint density at radius 2 is 2.10 bits per heavy atom. The third-order valence-corrected chi connectivity index (χ3v) is 2.84. The maximum Gasteiger partial charge on any atom is 0.253 e. The van der Waals surface area contributed by atoms with Crippen LogP contribution in [-0.4, -0.2) is 23.1 Å². The lowest BCUT2D eigenvalue weighted by Gasteiger charge is -2.11. The summed E-state index contributed by atoms with van der Waals surface area (Å²) in [4.78, 5) is 15.8. The van der Waals surface area contributed by atoms with E-state index in [1.807, 2.05) is 6.07 Å². The fourth-order valence-corrected chi connectivity index (χ4v) is 1.74. The molecule has 1 aromatic carbocycles. The van der Waals surface area contributed by atoms with Crippen molar-refractivity contribution in [2.45, 2.75) is 12.6 Å².